The molecule has 0 aromatic carbocycles. The maximum atomic E-state index is 5.89. The third kappa shape index (κ3) is 4.22. The molecule has 80 valence electrons. The second-order valence-corrected chi connectivity index (χ2v) is 5.96. The van der Waals surface area contributed by atoms with Gasteiger partial charge in [-0.1, -0.05) is 11.6 Å². The van der Waals surface area contributed by atoms with Crippen molar-refractivity contribution in [3.63, 3.8) is 0 Å². The van der Waals surface area contributed by atoms with Crippen LogP contribution in [0.5, 0.6) is 0 Å². The lowest BCUT2D eigenvalue weighted by atomic mass is 10.1. The highest BCUT2D eigenvalue weighted by Gasteiger charge is 2.08. The van der Waals surface area contributed by atoms with E-state index in [2.05, 4.69) is 17.6 Å². The fraction of sp³-hybridized carbons (Fsp3) is 0.600. The van der Waals surface area contributed by atoms with Gasteiger partial charge in [-0.2, -0.15) is 11.8 Å². The second kappa shape index (κ2) is 6.72. The Morgan fingerprint density at radius 3 is 2.86 bits per heavy atom. The summed E-state index contributed by atoms with van der Waals surface area (Å²) in [4.78, 5) is 1.37. The zero-order valence-corrected chi connectivity index (χ0v) is 10.9. The summed E-state index contributed by atoms with van der Waals surface area (Å²) in [7, 11) is 2.03. The normalized spacial score (nSPS) is 13.1. The van der Waals surface area contributed by atoms with Gasteiger partial charge in [-0.05, 0) is 44.0 Å². The van der Waals surface area contributed by atoms with E-state index in [0.29, 0.717) is 6.04 Å². The average Bonchev–Trinajstić information content (AvgIpc) is 2.58. The van der Waals surface area contributed by atoms with Crippen molar-refractivity contribution >= 4 is 34.7 Å². The van der Waals surface area contributed by atoms with Crippen LogP contribution in [0.1, 0.15) is 11.3 Å². The summed E-state index contributed by atoms with van der Waals surface area (Å²) < 4.78 is 0.889. The highest BCUT2D eigenvalue weighted by atomic mass is 35.5. The van der Waals surface area contributed by atoms with E-state index in [9.17, 15) is 0 Å². The molecule has 1 aromatic heterocycles. The lowest BCUT2D eigenvalue weighted by molar-refractivity contribution is 0.551. The smallest absolute Gasteiger partial charge is 0.0931 e. The Bertz CT molecular complexity index is 262. The van der Waals surface area contributed by atoms with Gasteiger partial charge in [0.15, 0.2) is 0 Å². The van der Waals surface area contributed by atoms with Crippen molar-refractivity contribution in [3.8, 4) is 0 Å². The largest absolute Gasteiger partial charge is 0.317 e. The molecule has 1 rings (SSSR count). The first kappa shape index (κ1) is 12.4. The van der Waals surface area contributed by atoms with E-state index < -0.39 is 0 Å². The van der Waals surface area contributed by atoms with Gasteiger partial charge in [-0.25, -0.2) is 0 Å². The number of hydrogen-bond acceptors (Lipinski definition) is 3. The maximum absolute atomic E-state index is 5.89. The SMILES string of the molecule is CNC(CCSC)Cc1ccc(Cl)s1. The first-order valence-electron chi connectivity index (χ1n) is 4.66. The molecule has 0 aliphatic carbocycles. The van der Waals surface area contributed by atoms with Crippen LogP contribution in [0.3, 0.4) is 0 Å². The summed E-state index contributed by atoms with van der Waals surface area (Å²) in [6.45, 7) is 0. The number of nitrogens with one attached hydrogen (secondary N) is 1. The van der Waals surface area contributed by atoms with Crippen LogP contribution in [-0.4, -0.2) is 25.1 Å². The summed E-state index contributed by atoms with van der Waals surface area (Å²) in [6, 6.07) is 4.68. The fourth-order valence-corrected chi connectivity index (χ4v) is 3.00. The van der Waals surface area contributed by atoms with Gasteiger partial charge in [0.05, 0.1) is 4.34 Å². The molecule has 1 N–H and O–H groups in total. The summed E-state index contributed by atoms with van der Waals surface area (Å²) >= 11 is 9.47. The zero-order valence-electron chi connectivity index (χ0n) is 8.55. The molecule has 0 bridgehead atoms. The van der Waals surface area contributed by atoms with Crippen molar-refractivity contribution < 1.29 is 0 Å². The summed E-state index contributed by atoms with van der Waals surface area (Å²) in [5.41, 5.74) is 0. The van der Waals surface area contributed by atoms with Crippen molar-refractivity contribution in [3.05, 3.63) is 21.3 Å². The van der Waals surface area contributed by atoms with Crippen molar-refractivity contribution in [2.24, 2.45) is 0 Å². The minimum Gasteiger partial charge on any atom is -0.317 e. The fourth-order valence-electron chi connectivity index (χ4n) is 1.31. The summed E-state index contributed by atoms with van der Waals surface area (Å²) in [5, 5.41) is 3.34. The van der Waals surface area contributed by atoms with Gasteiger partial charge in [-0.3, -0.25) is 0 Å². The molecular weight excluding hydrogens is 234 g/mol. The predicted octanol–water partition coefficient (Wildman–Crippen LogP) is 3.29. The molecule has 1 aromatic rings. The Balaban J connectivity index is 2.40. The van der Waals surface area contributed by atoms with Crippen LogP contribution in [0, 0.1) is 0 Å². The topological polar surface area (TPSA) is 12.0 Å². The molecule has 0 spiro atoms. The molecule has 0 fully saturated rings. The summed E-state index contributed by atoms with van der Waals surface area (Å²) in [6.07, 6.45) is 4.45. The van der Waals surface area contributed by atoms with Gasteiger partial charge in [0.1, 0.15) is 0 Å². The van der Waals surface area contributed by atoms with Gasteiger partial charge in [0.2, 0.25) is 0 Å². The molecule has 0 saturated heterocycles. The van der Waals surface area contributed by atoms with Crippen molar-refractivity contribution in [2.45, 2.75) is 18.9 Å². The maximum Gasteiger partial charge on any atom is 0.0931 e. The number of halogens is 1. The van der Waals surface area contributed by atoms with E-state index in [4.69, 9.17) is 11.6 Å². The molecule has 1 atom stereocenters. The molecule has 0 aliphatic heterocycles. The first-order valence-corrected chi connectivity index (χ1v) is 7.25. The van der Waals surface area contributed by atoms with E-state index in [0.717, 1.165) is 10.8 Å². The third-order valence-corrected chi connectivity index (χ3v) is 4.05. The minimum atomic E-state index is 0.581. The average molecular weight is 250 g/mol. The van der Waals surface area contributed by atoms with Crippen molar-refractivity contribution in [1.82, 2.24) is 5.32 Å². The molecule has 1 heterocycles. The second-order valence-electron chi connectivity index (χ2n) is 3.18. The van der Waals surface area contributed by atoms with E-state index in [1.807, 2.05) is 24.9 Å². The molecule has 0 aliphatic rings. The number of thiophene rings is 1. The van der Waals surface area contributed by atoms with Crippen molar-refractivity contribution in [2.75, 3.05) is 19.1 Å². The predicted molar refractivity (Wildman–Crippen MR) is 68.9 cm³/mol. The lowest BCUT2D eigenvalue weighted by Gasteiger charge is -2.13. The van der Waals surface area contributed by atoms with Gasteiger partial charge in [-0.15, -0.1) is 11.3 Å². The van der Waals surface area contributed by atoms with Crippen LogP contribution in [0.2, 0.25) is 4.34 Å². The van der Waals surface area contributed by atoms with E-state index in [-0.39, 0.29) is 0 Å². The van der Waals surface area contributed by atoms with Gasteiger partial charge < -0.3 is 5.32 Å². The van der Waals surface area contributed by atoms with E-state index in [1.54, 1.807) is 11.3 Å². The number of likely N-dealkylation sites (N-methyl/N-ethyl adjacent to an activating group) is 1. The molecule has 0 saturated carbocycles. The standard InChI is InChI=1S/C10H16ClNS2/c1-12-8(5-6-13-2)7-9-3-4-10(11)14-9/h3-4,8,12H,5-7H2,1-2H3. The Morgan fingerprint density at radius 1 is 1.57 bits per heavy atom. The molecule has 0 radical (unpaired) electrons. The zero-order chi connectivity index (χ0) is 10.4. The monoisotopic (exact) mass is 249 g/mol. The van der Waals surface area contributed by atoms with E-state index >= 15 is 0 Å². The number of rotatable bonds is 6. The number of thioether (sulfide) groups is 1. The number of hydrogen-bond donors (Lipinski definition) is 1. The molecule has 0 amide bonds. The van der Waals surface area contributed by atoms with Crippen LogP contribution >= 0.6 is 34.7 Å². The Morgan fingerprint density at radius 2 is 2.36 bits per heavy atom. The Kier molecular flexibility index (Phi) is 5.94. The molecule has 1 unspecified atom stereocenters. The van der Waals surface area contributed by atoms with Gasteiger partial charge in [0, 0.05) is 10.9 Å². The third-order valence-electron chi connectivity index (χ3n) is 2.16. The van der Waals surface area contributed by atoms with E-state index in [1.165, 1.54) is 17.1 Å². The van der Waals surface area contributed by atoms with Crippen LogP contribution in [-0.2, 0) is 6.42 Å². The van der Waals surface area contributed by atoms with Crippen molar-refractivity contribution in [1.29, 1.82) is 0 Å². The van der Waals surface area contributed by atoms with Crippen LogP contribution in [0.4, 0.5) is 0 Å². The molecule has 1 nitrogen and oxygen atoms in total. The Labute approximate surface area is 99.2 Å². The highest BCUT2D eigenvalue weighted by molar-refractivity contribution is 7.98. The molecule has 4 heteroatoms. The quantitative estimate of drug-likeness (QED) is 0.831. The van der Waals surface area contributed by atoms with Crippen LogP contribution in [0.25, 0.3) is 0 Å². The lowest BCUT2D eigenvalue weighted by Crippen LogP contribution is -2.27. The Hall–Kier alpha value is 0.300. The van der Waals surface area contributed by atoms with Gasteiger partial charge >= 0.3 is 0 Å². The summed E-state index contributed by atoms with van der Waals surface area (Å²) in [5.74, 6) is 1.21. The van der Waals surface area contributed by atoms with Crippen LogP contribution in [0.15, 0.2) is 12.1 Å². The first-order chi connectivity index (χ1) is 6.76. The molecule has 14 heavy (non-hydrogen) atoms. The highest BCUT2D eigenvalue weighted by Crippen LogP contribution is 2.23. The minimum absolute atomic E-state index is 0.581. The molecular formula is C10H16ClNS2. The van der Waals surface area contributed by atoms with Crippen LogP contribution < -0.4 is 5.32 Å². The van der Waals surface area contributed by atoms with Gasteiger partial charge in [0.25, 0.3) is 0 Å².